The Balaban J connectivity index is 2.42. The van der Waals surface area contributed by atoms with Crippen molar-refractivity contribution in [2.24, 2.45) is 17.3 Å². The van der Waals surface area contributed by atoms with Crippen molar-refractivity contribution in [1.29, 1.82) is 0 Å². The number of benzene rings is 1. The maximum absolute atomic E-state index is 14.5. The summed E-state index contributed by atoms with van der Waals surface area (Å²) in [6, 6.07) is 8.11. The Morgan fingerprint density at radius 3 is 1.87 bits per heavy atom. The van der Waals surface area contributed by atoms with E-state index in [0.717, 1.165) is 33.8 Å². The number of rotatable bonds is 6. The molecule has 3 rings (SSSR count). The Morgan fingerprint density at radius 1 is 0.787 bits per heavy atom. The molecule has 0 aliphatic heterocycles. The van der Waals surface area contributed by atoms with E-state index in [1.165, 1.54) is 6.92 Å². The highest BCUT2D eigenvalue weighted by Gasteiger charge is 2.60. The van der Waals surface area contributed by atoms with E-state index in [0.29, 0.717) is 0 Å². The van der Waals surface area contributed by atoms with E-state index < -0.39 is 88.5 Å². The number of esters is 5. The Morgan fingerprint density at radius 2 is 1.34 bits per heavy atom. The molecule has 2 aliphatic carbocycles. The van der Waals surface area contributed by atoms with Gasteiger partial charge in [0.2, 0.25) is 0 Å². The number of hydrogen-bond acceptors (Lipinski definition) is 12. The minimum Gasteiger partial charge on any atom is -0.458 e. The predicted octanol–water partition coefficient (Wildman–Crippen LogP) is 3.83. The van der Waals surface area contributed by atoms with Gasteiger partial charge in [0, 0.05) is 56.9 Å². The topological polar surface area (TPSA) is 169 Å². The first-order valence-corrected chi connectivity index (χ1v) is 15.4. The number of hydrogen-bond donors (Lipinski definition) is 1. The lowest BCUT2D eigenvalue weighted by molar-refractivity contribution is -0.207. The standard InChI is InChI=1S/C35H44O12/c1-19-15-16-33(7,8)30(44-22(4)37)28(43-21(3)36)31(45-23(5)38)34(9,42)18-26-27(46-32(41)25-13-11-10-12-14-25)20(2)17-35(26,29(19)40)47-24(6)39/h10-16,18-20,27-28,30-31,42H,17H2,1-9H3/b16-15+,26-18?/t19-,20+,27-,28+,30+,31+,34-,35+/m0/s1. The van der Waals surface area contributed by atoms with Crippen LogP contribution in [0.25, 0.3) is 0 Å². The largest absolute Gasteiger partial charge is 0.458 e. The number of fused-ring (bicyclic) bond motifs is 1. The number of allylic oxidation sites excluding steroid dienone is 1. The molecule has 12 heteroatoms. The summed E-state index contributed by atoms with van der Waals surface area (Å²) in [5, 5.41) is 12.3. The lowest BCUT2D eigenvalue weighted by Crippen LogP contribution is -2.59. The Bertz CT molecular complexity index is 1460. The molecule has 1 saturated carbocycles. The summed E-state index contributed by atoms with van der Waals surface area (Å²) in [4.78, 5) is 77.9. The normalized spacial score (nSPS) is 32.6. The molecule has 0 bridgehead atoms. The van der Waals surface area contributed by atoms with Crippen LogP contribution in [0, 0.1) is 17.3 Å². The predicted molar refractivity (Wildman–Crippen MR) is 166 cm³/mol. The van der Waals surface area contributed by atoms with Crippen LogP contribution in [-0.2, 0) is 47.7 Å². The van der Waals surface area contributed by atoms with E-state index >= 15 is 0 Å². The summed E-state index contributed by atoms with van der Waals surface area (Å²) in [6.45, 7) is 12.3. The Kier molecular flexibility index (Phi) is 11.2. The molecule has 47 heavy (non-hydrogen) atoms. The first-order valence-electron chi connectivity index (χ1n) is 15.4. The highest BCUT2D eigenvalue weighted by molar-refractivity contribution is 5.97. The molecule has 0 radical (unpaired) electrons. The number of aliphatic hydroxyl groups is 1. The van der Waals surface area contributed by atoms with Gasteiger partial charge < -0.3 is 28.8 Å². The number of ether oxygens (including phenoxy) is 5. The lowest BCUT2D eigenvalue weighted by Gasteiger charge is -2.43. The van der Waals surface area contributed by atoms with Crippen molar-refractivity contribution in [2.75, 3.05) is 0 Å². The third kappa shape index (κ3) is 8.34. The van der Waals surface area contributed by atoms with Crippen LogP contribution in [0.3, 0.4) is 0 Å². The average Bonchev–Trinajstić information content (AvgIpc) is 3.20. The van der Waals surface area contributed by atoms with E-state index in [2.05, 4.69) is 0 Å². The van der Waals surface area contributed by atoms with Crippen LogP contribution < -0.4 is 0 Å². The van der Waals surface area contributed by atoms with Crippen molar-refractivity contribution in [3.63, 3.8) is 0 Å². The van der Waals surface area contributed by atoms with Gasteiger partial charge in [-0.2, -0.15) is 0 Å². The molecule has 1 fully saturated rings. The molecule has 1 N–H and O–H groups in total. The van der Waals surface area contributed by atoms with Crippen molar-refractivity contribution in [1.82, 2.24) is 0 Å². The van der Waals surface area contributed by atoms with Gasteiger partial charge in [0.1, 0.15) is 11.7 Å². The summed E-state index contributed by atoms with van der Waals surface area (Å²) in [6.07, 6.45) is -1.73. The molecule has 0 aromatic heterocycles. The first kappa shape index (κ1) is 37.1. The Hall–Kier alpha value is -4.32. The summed E-state index contributed by atoms with van der Waals surface area (Å²) < 4.78 is 28.8. The van der Waals surface area contributed by atoms with Crippen molar-refractivity contribution in [2.45, 2.75) is 104 Å². The molecular weight excluding hydrogens is 612 g/mol. The van der Waals surface area contributed by atoms with Crippen molar-refractivity contribution in [3.8, 4) is 0 Å². The van der Waals surface area contributed by atoms with E-state index in [1.54, 1.807) is 70.2 Å². The zero-order chi connectivity index (χ0) is 35.5. The molecule has 8 atom stereocenters. The summed E-state index contributed by atoms with van der Waals surface area (Å²) >= 11 is 0. The minimum absolute atomic E-state index is 0.0673. The highest BCUT2D eigenvalue weighted by atomic mass is 16.6. The fourth-order valence-electron chi connectivity index (χ4n) is 6.32. The van der Waals surface area contributed by atoms with Crippen LogP contribution in [0.2, 0.25) is 0 Å². The zero-order valence-corrected chi connectivity index (χ0v) is 28.2. The van der Waals surface area contributed by atoms with Gasteiger partial charge in [0.05, 0.1) is 5.56 Å². The third-order valence-electron chi connectivity index (χ3n) is 8.33. The average molecular weight is 657 g/mol. The number of ketones is 1. The number of carbonyl (C=O) groups excluding carboxylic acids is 6. The molecular formula is C35H44O12. The molecule has 256 valence electrons. The van der Waals surface area contributed by atoms with Gasteiger partial charge in [-0.15, -0.1) is 0 Å². The second-order valence-corrected chi connectivity index (χ2v) is 13.1. The number of Topliss-reactive ketones (excluding diaryl/α,β-unsaturated/α-hetero) is 1. The van der Waals surface area contributed by atoms with Gasteiger partial charge in [0.25, 0.3) is 0 Å². The van der Waals surface area contributed by atoms with Crippen molar-refractivity contribution >= 4 is 35.6 Å². The molecule has 2 aliphatic rings. The van der Waals surface area contributed by atoms with Gasteiger partial charge in [-0.3, -0.25) is 24.0 Å². The highest BCUT2D eigenvalue weighted by Crippen LogP contribution is 2.48. The Labute approximate surface area is 274 Å². The van der Waals surface area contributed by atoms with Crippen LogP contribution >= 0.6 is 0 Å². The van der Waals surface area contributed by atoms with E-state index in [1.807, 2.05) is 0 Å². The van der Waals surface area contributed by atoms with Gasteiger partial charge in [-0.05, 0) is 25.1 Å². The zero-order valence-electron chi connectivity index (χ0n) is 28.2. The van der Waals surface area contributed by atoms with Crippen molar-refractivity contribution in [3.05, 3.63) is 59.7 Å². The first-order chi connectivity index (χ1) is 21.7. The summed E-state index contributed by atoms with van der Waals surface area (Å²) in [7, 11) is 0. The number of carbonyl (C=O) groups is 6. The maximum Gasteiger partial charge on any atom is 0.338 e. The van der Waals surface area contributed by atoms with Crippen LogP contribution in [0.1, 0.15) is 79.1 Å². The second kappa shape index (κ2) is 14.2. The lowest BCUT2D eigenvalue weighted by atomic mass is 9.74. The molecule has 0 amide bonds. The molecule has 0 unspecified atom stereocenters. The van der Waals surface area contributed by atoms with Crippen LogP contribution in [0.5, 0.6) is 0 Å². The summed E-state index contributed by atoms with van der Waals surface area (Å²) in [5.41, 5.74) is -5.38. The monoisotopic (exact) mass is 656 g/mol. The SMILES string of the molecule is CC(=O)O[C@@H]1[C@@H](OC(C)=O)C(C)(C)/C=C/[C@H](C)C(=O)[C@@]2(OC(C)=O)C[C@@H](C)[C@H](OC(=O)c3ccccc3)C2=C[C@](C)(O)[C@@H]1OC(C)=O. The molecule has 1 aromatic rings. The van der Waals surface area contributed by atoms with Crippen LogP contribution in [0.4, 0.5) is 0 Å². The van der Waals surface area contributed by atoms with Crippen LogP contribution in [-0.4, -0.2) is 76.4 Å². The third-order valence-corrected chi connectivity index (χ3v) is 8.33. The molecule has 0 heterocycles. The fourth-order valence-corrected chi connectivity index (χ4v) is 6.32. The smallest absolute Gasteiger partial charge is 0.338 e. The fraction of sp³-hybridized carbons (Fsp3) is 0.543. The van der Waals surface area contributed by atoms with Gasteiger partial charge >= 0.3 is 29.8 Å². The summed E-state index contributed by atoms with van der Waals surface area (Å²) in [5.74, 6) is -6.12. The van der Waals surface area contributed by atoms with E-state index in [9.17, 15) is 33.9 Å². The van der Waals surface area contributed by atoms with Crippen molar-refractivity contribution < 1.29 is 57.6 Å². The second-order valence-electron chi connectivity index (χ2n) is 13.1. The van der Waals surface area contributed by atoms with E-state index in [4.69, 9.17) is 23.7 Å². The molecule has 1 aromatic carbocycles. The quantitative estimate of drug-likeness (QED) is 0.267. The maximum atomic E-state index is 14.5. The van der Waals surface area contributed by atoms with Gasteiger partial charge in [-0.25, -0.2) is 4.79 Å². The van der Waals surface area contributed by atoms with Gasteiger partial charge in [-0.1, -0.05) is 58.0 Å². The molecule has 12 nitrogen and oxygen atoms in total. The van der Waals surface area contributed by atoms with E-state index in [-0.39, 0.29) is 17.6 Å². The van der Waals surface area contributed by atoms with Crippen LogP contribution in [0.15, 0.2) is 54.1 Å². The van der Waals surface area contributed by atoms with Gasteiger partial charge in [0.15, 0.2) is 29.7 Å². The minimum atomic E-state index is -2.32. The molecule has 0 saturated heterocycles. The molecule has 0 spiro atoms.